The average Bonchev–Trinajstić information content (AvgIpc) is 2.96. The Morgan fingerprint density at radius 2 is 1.42 bits per heavy atom. The quantitative estimate of drug-likeness (QED) is 0.739. The molecule has 0 radical (unpaired) electrons. The number of nitrogens with two attached hydrogens (primary N) is 2. The zero-order chi connectivity index (χ0) is 18.6. The van der Waals surface area contributed by atoms with Gasteiger partial charge in [-0.25, -0.2) is 4.68 Å². The molecule has 1 heterocycles. The van der Waals surface area contributed by atoms with Crippen molar-refractivity contribution in [2.75, 3.05) is 11.5 Å². The minimum Gasteiger partial charge on any atom is -0.384 e. The third-order valence-electron chi connectivity index (χ3n) is 4.31. The van der Waals surface area contributed by atoms with Gasteiger partial charge in [0, 0.05) is 18.4 Å². The van der Waals surface area contributed by atoms with Crippen LogP contribution >= 0.6 is 0 Å². The van der Waals surface area contributed by atoms with Gasteiger partial charge in [-0.15, -0.1) is 0 Å². The first-order valence-electron chi connectivity index (χ1n) is 8.13. The van der Waals surface area contributed by atoms with Crippen LogP contribution in [0.25, 0.3) is 0 Å². The molecule has 1 aromatic heterocycles. The summed E-state index contributed by atoms with van der Waals surface area (Å²) in [6, 6.07) is 23.2. The molecule has 4 N–H and O–H groups in total. The van der Waals surface area contributed by atoms with Crippen molar-refractivity contribution in [1.82, 2.24) is 9.78 Å². The van der Waals surface area contributed by atoms with Crippen molar-refractivity contribution >= 4 is 11.6 Å². The first kappa shape index (κ1) is 17.1. The summed E-state index contributed by atoms with van der Waals surface area (Å²) in [7, 11) is 0. The van der Waals surface area contributed by atoms with Crippen LogP contribution in [0.2, 0.25) is 0 Å². The predicted molar refractivity (Wildman–Crippen MR) is 99.6 cm³/mol. The summed E-state index contributed by atoms with van der Waals surface area (Å²) in [6.45, 7) is 0. The highest BCUT2D eigenvalue weighted by molar-refractivity contribution is 5.58. The minimum atomic E-state index is -1.56. The van der Waals surface area contributed by atoms with E-state index in [1.54, 1.807) is 0 Å². The molecule has 0 amide bonds. The van der Waals surface area contributed by atoms with Crippen molar-refractivity contribution in [2.24, 2.45) is 0 Å². The molecule has 0 spiro atoms. The Hall–Kier alpha value is -3.77. The monoisotopic (exact) mass is 342 g/mol. The maximum Gasteiger partial charge on any atom is 0.239 e. The summed E-state index contributed by atoms with van der Waals surface area (Å²) in [5, 5.41) is 23.8. The van der Waals surface area contributed by atoms with E-state index in [-0.39, 0.29) is 18.1 Å². The first-order valence-corrected chi connectivity index (χ1v) is 8.13. The zero-order valence-corrected chi connectivity index (χ0v) is 14.1. The number of rotatable bonds is 5. The molecule has 2 aromatic carbocycles. The fraction of sp³-hybridized carbons (Fsp3) is 0.150. The second-order valence-corrected chi connectivity index (χ2v) is 6.07. The number of benzene rings is 2. The Kier molecular flexibility index (Phi) is 4.59. The van der Waals surface area contributed by atoms with Gasteiger partial charge in [0.15, 0.2) is 5.82 Å². The van der Waals surface area contributed by atoms with Gasteiger partial charge in [-0.1, -0.05) is 60.7 Å². The van der Waals surface area contributed by atoms with E-state index in [1.807, 2.05) is 60.7 Å². The summed E-state index contributed by atoms with van der Waals surface area (Å²) < 4.78 is 1.26. The Morgan fingerprint density at radius 3 is 1.96 bits per heavy atom. The van der Waals surface area contributed by atoms with E-state index in [1.165, 1.54) is 4.68 Å². The Bertz CT molecular complexity index is 963. The number of hydrogen-bond acceptors (Lipinski definition) is 5. The third-order valence-corrected chi connectivity index (χ3v) is 4.31. The van der Waals surface area contributed by atoms with Crippen LogP contribution in [0, 0.1) is 22.7 Å². The number of aromatic nitrogens is 2. The van der Waals surface area contributed by atoms with Gasteiger partial charge in [0.05, 0.1) is 0 Å². The molecule has 0 fully saturated rings. The van der Waals surface area contributed by atoms with Gasteiger partial charge in [0.25, 0.3) is 0 Å². The molecule has 0 atom stereocenters. The SMILES string of the molecule is N#CC(C#N)(Cc1ccccc1)n1nc(N)c(Cc2ccccc2)c1N. The number of hydrogen-bond donors (Lipinski definition) is 2. The van der Waals surface area contributed by atoms with Crippen LogP contribution in [-0.2, 0) is 18.4 Å². The Labute approximate surface area is 151 Å². The molecule has 0 aliphatic rings. The molecular formula is C20H18N6. The van der Waals surface area contributed by atoms with Gasteiger partial charge in [-0.3, -0.25) is 0 Å². The van der Waals surface area contributed by atoms with Crippen LogP contribution in [0.15, 0.2) is 60.7 Å². The van der Waals surface area contributed by atoms with Gasteiger partial charge in [0.2, 0.25) is 5.54 Å². The van der Waals surface area contributed by atoms with Crippen molar-refractivity contribution in [1.29, 1.82) is 10.5 Å². The van der Waals surface area contributed by atoms with Crippen LogP contribution < -0.4 is 11.5 Å². The average molecular weight is 342 g/mol. The third kappa shape index (κ3) is 3.09. The minimum absolute atomic E-state index is 0.164. The van der Waals surface area contributed by atoms with Gasteiger partial charge >= 0.3 is 0 Å². The smallest absolute Gasteiger partial charge is 0.239 e. The van der Waals surface area contributed by atoms with Crippen LogP contribution in [0.3, 0.4) is 0 Å². The van der Waals surface area contributed by atoms with Gasteiger partial charge in [0.1, 0.15) is 18.0 Å². The molecule has 0 aliphatic carbocycles. The normalized spacial score (nSPS) is 10.8. The predicted octanol–water partition coefficient (Wildman–Crippen LogP) is 2.62. The van der Waals surface area contributed by atoms with Gasteiger partial charge in [-0.05, 0) is 11.1 Å². The van der Waals surface area contributed by atoms with Crippen LogP contribution in [-0.4, -0.2) is 9.78 Å². The summed E-state index contributed by atoms with van der Waals surface area (Å²) in [6.07, 6.45) is 0.647. The molecule has 0 bridgehead atoms. The van der Waals surface area contributed by atoms with Crippen molar-refractivity contribution in [3.05, 3.63) is 77.4 Å². The van der Waals surface area contributed by atoms with Gasteiger partial charge < -0.3 is 11.5 Å². The second-order valence-electron chi connectivity index (χ2n) is 6.07. The van der Waals surface area contributed by atoms with Crippen LogP contribution in [0.5, 0.6) is 0 Å². The number of anilines is 2. The number of nitrogen functional groups attached to an aromatic ring is 2. The molecule has 26 heavy (non-hydrogen) atoms. The lowest BCUT2D eigenvalue weighted by atomic mass is 9.93. The summed E-state index contributed by atoms with van der Waals surface area (Å²) >= 11 is 0. The van der Waals surface area contributed by atoms with E-state index in [4.69, 9.17) is 11.5 Å². The molecule has 6 nitrogen and oxygen atoms in total. The molecule has 0 unspecified atom stereocenters. The second kappa shape index (κ2) is 7.00. The Morgan fingerprint density at radius 1 is 0.885 bits per heavy atom. The lowest BCUT2D eigenvalue weighted by Gasteiger charge is -2.20. The van der Waals surface area contributed by atoms with E-state index < -0.39 is 5.54 Å². The van der Waals surface area contributed by atoms with Crippen LogP contribution in [0.4, 0.5) is 11.6 Å². The van der Waals surface area contributed by atoms with E-state index >= 15 is 0 Å². The summed E-state index contributed by atoms with van der Waals surface area (Å²) in [4.78, 5) is 0. The highest BCUT2D eigenvalue weighted by Crippen LogP contribution is 2.30. The molecule has 128 valence electrons. The molecule has 3 rings (SSSR count). The van der Waals surface area contributed by atoms with E-state index in [0.29, 0.717) is 12.0 Å². The molecule has 0 saturated carbocycles. The standard InChI is InChI=1S/C20H18N6/c21-13-20(14-22,12-16-9-5-2-6-10-16)26-19(24)17(18(23)25-26)11-15-7-3-1-4-8-15/h1-10H,11-12,24H2,(H2,23,25). The van der Waals surface area contributed by atoms with Crippen molar-refractivity contribution in [2.45, 2.75) is 18.4 Å². The largest absolute Gasteiger partial charge is 0.384 e. The lowest BCUT2D eigenvalue weighted by molar-refractivity contribution is 0.446. The summed E-state index contributed by atoms with van der Waals surface area (Å²) in [5.74, 6) is 0.472. The Balaban J connectivity index is 2.03. The highest BCUT2D eigenvalue weighted by Gasteiger charge is 2.37. The molecule has 0 saturated heterocycles. The lowest BCUT2D eigenvalue weighted by Crippen LogP contribution is -2.35. The maximum absolute atomic E-state index is 9.78. The molecule has 3 aromatic rings. The molecular weight excluding hydrogens is 324 g/mol. The van der Waals surface area contributed by atoms with Gasteiger partial charge in [-0.2, -0.15) is 15.6 Å². The molecule has 6 heteroatoms. The summed E-state index contributed by atoms with van der Waals surface area (Å²) in [5.41, 5.74) is 13.2. The maximum atomic E-state index is 9.78. The van der Waals surface area contributed by atoms with Crippen molar-refractivity contribution in [3.8, 4) is 12.1 Å². The fourth-order valence-electron chi connectivity index (χ4n) is 2.92. The van der Waals surface area contributed by atoms with Crippen molar-refractivity contribution < 1.29 is 0 Å². The van der Waals surface area contributed by atoms with E-state index in [0.717, 1.165) is 11.1 Å². The van der Waals surface area contributed by atoms with Crippen molar-refractivity contribution in [3.63, 3.8) is 0 Å². The number of nitriles is 2. The fourth-order valence-corrected chi connectivity index (χ4v) is 2.92. The van der Waals surface area contributed by atoms with E-state index in [2.05, 4.69) is 17.2 Å². The topological polar surface area (TPSA) is 117 Å². The molecule has 0 aliphatic heterocycles. The van der Waals surface area contributed by atoms with Crippen LogP contribution in [0.1, 0.15) is 16.7 Å². The highest BCUT2D eigenvalue weighted by atomic mass is 15.4. The van der Waals surface area contributed by atoms with E-state index in [9.17, 15) is 10.5 Å². The zero-order valence-electron chi connectivity index (χ0n) is 14.1. The number of nitrogens with zero attached hydrogens (tertiary/aromatic N) is 4. The first-order chi connectivity index (χ1) is 12.6.